The number of carbonyl (C=O) groups is 2. The fourth-order valence-electron chi connectivity index (χ4n) is 2.33. The monoisotopic (exact) mass is 398 g/mol. The number of hydrogen-bond donors (Lipinski definition) is 2. The van der Waals surface area contributed by atoms with E-state index in [9.17, 15) is 9.59 Å². The maximum atomic E-state index is 12.2. The van der Waals surface area contributed by atoms with Crippen LogP contribution in [-0.2, 0) is 4.79 Å². The number of tetrazole rings is 1. The third-order valence-electron chi connectivity index (χ3n) is 3.75. The molecule has 3 aromatic rings. The van der Waals surface area contributed by atoms with Crippen LogP contribution in [0.2, 0.25) is 0 Å². The summed E-state index contributed by atoms with van der Waals surface area (Å²) in [4.78, 5) is 23.7. The van der Waals surface area contributed by atoms with Crippen LogP contribution in [0.5, 0.6) is 5.75 Å². The Bertz CT molecular complexity index is 956. The molecule has 3 rings (SSSR count). The minimum absolute atomic E-state index is 0.133. The van der Waals surface area contributed by atoms with Crippen LogP contribution in [0.3, 0.4) is 0 Å². The van der Waals surface area contributed by atoms with E-state index >= 15 is 0 Å². The van der Waals surface area contributed by atoms with Gasteiger partial charge < -0.3 is 15.4 Å². The first-order valence-electron chi connectivity index (χ1n) is 8.28. The molecular formula is C18H18N6O3S. The molecule has 0 fully saturated rings. The molecule has 0 atom stereocenters. The number of amides is 2. The summed E-state index contributed by atoms with van der Waals surface area (Å²) >= 11 is 1.22. The minimum Gasteiger partial charge on any atom is -0.497 e. The quantitative estimate of drug-likeness (QED) is 0.583. The van der Waals surface area contributed by atoms with Crippen molar-refractivity contribution in [1.82, 2.24) is 25.5 Å². The molecule has 0 aliphatic carbocycles. The fourth-order valence-corrected chi connectivity index (χ4v) is 3.02. The average Bonchev–Trinajstić information content (AvgIpc) is 3.21. The van der Waals surface area contributed by atoms with Gasteiger partial charge in [0.05, 0.1) is 18.6 Å². The Kier molecular flexibility index (Phi) is 6.22. The topological polar surface area (TPSA) is 111 Å². The molecule has 0 radical (unpaired) electrons. The van der Waals surface area contributed by atoms with Gasteiger partial charge >= 0.3 is 0 Å². The van der Waals surface area contributed by atoms with Crippen molar-refractivity contribution in [3.63, 3.8) is 0 Å². The van der Waals surface area contributed by atoms with E-state index in [0.717, 1.165) is 11.4 Å². The molecule has 9 nitrogen and oxygen atoms in total. The number of methoxy groups -OCH3 is 1. The second-order valence-corrected chi connectivity index (χ2v) is 6.51. The van der Waals surface area contributed by atoms with E-state index in [1.165, 1.54) is 11.8 Å². The molecule has 1 aromatic heterocycles. The molecule has 0 spiro atoms. The molecule has 2 aromatic carbocycles. The molecule has 0 saturated heterocycles. The van der Waals surface area contributed by atoms with Crippen LogP contribution >= 0.6 is 11.8 Å². The van der Waals surface area contributed by atoms with Crippen molar-refractivity contribution in [1.29, 1.82) is 0 Å². The Balaban J connectivity index is 1.59. The SMILES string of the molecule is CNC(=O)c1ccc(NC(=O)CSc2nnnn2-c2ccc(OC)cc2)cc1. The van der Waals surface area contributed by atoms with Gasteiger partial charge in [-0.05, 0) is 59.0 Å². The van der Waals surface area contributed by atoms with E-state index in [-0.39, 0.29) is 17.6 Å². The molecule has 2 N–H and O–H groups in total. The predicted molar refractivity (Wildman–Crippen MR) is 105 cm³/mol. The zero-order chi connectivity index (χ0) is 19.9. The maximum absolute atomic E-state index is 12.2. The molecule has 144 valence electrons. The van der Waals surface area contributed by atoms with Gasteiger partial charge in [0.25, 0.3) is 5.91 Å². The van der Waals surface area contributed by atoms with Gasteiger partial charge in [-0.1, -0.05) is 11.8 Å². The summed E-state index contributed by atoms with van der Waals surface area (Å²) in [5, 5.41) is 17.4. The Hall–Kier alpha value is -3.40. The molecule has 0 bridgehead atoms. The molecule has 10 heteroatoms. The Morgan fingerprint density at radius 2 is 1.82 bits per heavy atom. The third-order valence-corrected chi connectivity index (χ3v) is 4.67. The van der Waals surface area contributed by atoms with E-state index in [4.69, 9.17) is 4.74 Å². The molecular weight excluding hydrogens is 380 g/mol. The van der Waals surface area contributed by atoms with Gasteiger partial charge in [0.15, 0.2) is 0 Å². The summed E-state index contributed by atoms with van der Waals surface area (Å²) in [5.74, 6) is 0.474. The maximum Gasteiger partial charge on any atom is 0.251 e. The number of carbonyl (C=O) groups excluding carboxylic acids is 2. The van der Waals surface area contributed by atoms with Gasteiger partial charge in [-0.2, -0.15) is 4.68 Å². The Labute approximate surface area is 165 Å². The highest BCUT2D eigenvalue weighted by atomic mass is 32.2. The number of hydrogen-bond acceptors (Lipinski definition) is 7. The molecule has 0 aliphatic heterocycles. The highest BCUT2D eigenvalue weighted by Crippen LogP contribution is 2.20. The van der Waals surface area contributed by atoms with Crippen molar-refractivity contribution in [2.75, 3.05) is 25.2 Å². The van der Waals surface area contributed by atoms with Crippen molar-refractivity contribution >= 4 is 29.3 Å². The van der Waals surface area contributed by atoms with Gasteiger partial charge in [0, 0.05) is 18.3 Å². The standard InChI is InChI=1S/C18H18N6O3S/c1-19-17(26)12-3-5-13(6-4-12)20-16(25)11-28-18-21-22-23-24(18)14-7-9-15(27-2)10-8-14/h3-10H,11H2,1-2H3,(H,19,26)(H,20,25). The lowest BCUT2D eigenvalue weighted by atomic mass is 10.2. The summed E-state index contributed by atoms with van der Waals surface area (Å²) in [7, 11) is 3.16. The number of aromatic nitrogens is 4. The molecule has 2 amide bonds. The fraction of sp³-hybridized carbons (Fsp3) is 0.167. The molecule has 28 heavy (non-hydrogen) atoms. The normalized spacial score (nSPS) is 10.4. The first kappa shape index (κ1) is 19.4. The van der Waals surface area contributed by atoms with Crippen LogP contribution in [0.4, 0.5) is 5.69 Å². The smallest absolute Gasteiger partial charge is 0.251 e. The Morgan fingerprint density at radius 3 is 2.46 bits per heavy atom. The van der Waals surface area contributed by atoms with Crippen LogP contribution in [-0.4, -0.2) is 51.9 Å². The van der Waals surface area contributed by atoms with Crippen LogP contribution in [0, 0.1) is 0 Å². The van der Waals surface area contributed by atoms with Crippen molar-refractivity contribution in [2.45, 2.75) is 5.16 Å². The van der Waals surface area contributed by atoms with E-state index in [1.807, 2.05) is 12.1 Å². The van der Waals surface area contributed by atoms with E-state index in [0.29, 0.717) is 16.4 Å². The van der Waals surface area contributed by atoms with Gasteiger partial charge in [0.1, 0.15) is 5.75 Å². The van der Waals surface area contributed by atoms with Gasteiger partial charge in [-0.3, -0.25) is 9.59 Å². The number of ether oxygens (including phenoxy) is 1. The van der Waals surface area contributed by atoms with Crippen LogP contribution in [0.15, 0.2) is 53.7 Å². The van der Waals surface area contributed by atoms with E-state index in [2.05, 4.69) is 26.2 Å². The summed E-state index contributed by atoms with van der Waals surface area (Å²) in [6, 6.07) is 13.9. The molecule has 0 saturated carbocycles. The summed E-state index contributed by atoms with van der Waals surface area (Å²) in [6.45, 7) is 0. The molecule has 1 heterocycles. The van der Waals surface area contributed by atoms with Crippen molar-refractivity contribution < 1.29 is 14.3 Å². The number of rotatable bonds is 7. The van der Waals surface area contributed by atoms with E-state index in [1.54, 1.807) is 55.2 Å². The van der Waals surface area contributed by atoms with Gasteiger partial charge in [-0.15, -0.1) is 5.10 Å². The largest absolute Gasteiger partial charge is 0.497 e. The lowest BCUT2D eigenvalue weighted by Gasteiger charge is -2.07. The van der Waals surface area contributed by atoms with Crippen LogP contribution in [0.1, 0.15) is 10.4 Å². The number of anilines is 1. The average molecular weight is 398 g/mol. The number of benzene rings is 2. The van der Waals surface area contributed by atoms with Crippen molar-refractivity contribution in [2.24, 2.45) is 0 Å². The number of thioether (sulfide) groups is 1. The highest BCUT2D eigenvalue weighted by Gasteiger charge is 2.12. The summed E-state index contributed by atoms with van der Waals surface area (Å²) in [6.07, 6.45) is 0. The first-order valence-corrected chi connectivity index (χ1v) is 9.27. The zero-order valence-corrected chi connectivity index (χ0v) is 16.1. The minimum atomic E-state index is -0.207. The second-order valence-electron chi connectivity index (χ2n) is 5.56. The van der Waals surface area contributed by atoms with Gasteiger partial charge in [0.2, 0.25) is 11.1 Å². The molecule has 0 unspecified atom stereocenters. The van der Waals surface area contributed by atoms with E-state index < -0.39 is 0 Å². The summed E-state index contributed by atoms with van der Waals surface area (Å²) in [5.41, 5.74) is 1.89. The van der Waals surface area contributed by atoms with Crippen molar-refractivity contribution in [3.05, 3.63) is 54.1 Å². The number of nitrogens with zero attached hydrogens (tertiary/aromatic N) is 4. The lowest BCUT2D eigenvalue weighted by Crippen LogP contribution is -2.18. The van der Waals surface area contributed by atoms with Crippen LogP contribution in [0.25, 0.3) is 5.69 Å². The number of nitrogens with one attached hydrogen (secondary N) is 2. The predicted octanol–water partition coefficient (Wildman–Crippen LogP) is 1.76. The molecule has 0 aliphatic rings. The van der Waals surface area contributed by atoms with Crippen LogP contribution < -0.4 is 15.4 Å². The Morgan fingerprint density at radius 1 is 1.11 bits per heavy atom. The van der Waals surface area contributed by atoms with Crippen molar-refractivity contribution in [3.8, 4) is 11.4 Å². The first-order chi connectivity index (χ1) is 13.6. The lowest BCUT2D eigenvalue weighted by molar-refractivity contribution is -0.113. The zero-order valence-electron chi connectivity index (χ0n) is 15.2. The third kappa shape index (κ3) is 4.65. The highest BCUT2D eigenvalue weighted by molar-refractivity contribution is 7.99. The second kappa shape index (κ2) is 9.00. The van der Waals surface area contributed by atoms with Gasteiger partial charge in [-0.25, -0.2) is 0 Å². The summed E-state index contributed by atoms with van der Waals surface area (Å²) < 4.78 is 6.69.